The Labute approximate surface area is 135 Å². The molecule has 0 fully saturated rings. The predicted octanol–water partition coefficient (Wildman–Crippen LogP) is 4.96. The molecule has 3 nitrogen and oxygen atoms in total. The summed E-state index contributed by atoms with van der Waals surface area (Å²) in [5.74, 6) is 0.510. The SMILES string of the molecule is CCc1cccc(C)c1NC(=O)/C=C/c1cc2ccccc2o1. The van der Waals surface area contributed by atoms with Gasteiger partial charge in [0.25, 0.3) is 0 Å². The van der Waals surface area contributed by atoms with Crippen molar-refractivity contribution < 1.29 is 9.21 Å². The molecule has 1 heterocycles. The van der Waals surface area contributed by atoms with Gasteiger partial charge in [-0.15, -0.1) is 0 Å². The van der Waals surface area contributed by atoms with Gasteiger partial charge in [-0.25, -0.2) is 0 Å². The Morgan fingerprint density at radius 1 is 1.17 bits per heavy atom. The molecule has 0 aliphatic rings. The summed E-state index contributed by atoms with van der Waals surface area (Å²) >= 11 is 0. The lowest BCUT2D eigenvalue weighted by Crippen LogP contribution is -2.10. The second-order valence-electron chi connectivity index (χ2n) is 5.47. The van der Waals surface area contributed by atoms with Crippen LogP contribution in [-0.4, -0.2) is 5.91 Å². The summed E-state index contributed by atoms with van der Waals surface area (Å²) in [4.78, 5) is 12.2. The molecule has 0 atom stereocenters. The van der Waals surface area contributed by atoms with Crippen LogP contribution < -0.4 is 5.32 Å². The van der Waals surface area contributed by atoms with Crippen LogP contribution in [0.5, 0.6) is 0 Å². The fraction of sp³-hybridized carbons (Fsp3) is 0.150. The van der Waals surface area contributed by atoms with Crippen LogP contribution in [0.3, 0.4) is 0 Å². The predicted molar refractivity (Wildman–Crippen MR) is 94.4 cm³/mol. The molecule has 0 unspecified atom stereocenters. The fourth-order valence-corrected chi connectivity index (χ4v) is 2.61. The molecule has 116 valence electrons. The number of furan rings is 1. The van der Waals surface area contributed by atoms with Crippen LogP contribution in [0, 0.1) is 6.92 Å². The van der Waals surface area contributed by atoms with Crippen molar-refractivity contribution in [2.75, 3.05) is 5.32 Å². The molecule has 1 aromatic heterocycles. The molecular formula is C20H19NO2. The van der Waals surface area contributed by atoms with Gasteiger partial charge in [-0.1, -0.05) is 43.3 Å². The zero-order valence-electron chi connectivity index (χ0n) is 13.3. The van der Waals surface area contributed by atoms with E-state index in [1.54, 1.807) is 6.08 Å². The van der Waals surface area contributed by atoms with E-state index < -0.39 is 0 Å². The number of aryl methyl sites for hydroxylation is 2. The van der Waals surface area contributed by atoms with Crippen LogP contribution >= 0.6 is 0 Å². The van der Waals surface area contributed by atoms with E-state index in [4.69, 9.17) is 4.42 Å². The highest BCUT2D eigenvalue weighted by Gasteiger charge is 2.07. The van der Waals surface area contributed by atoms with E-state index in [0.717, 1.165) is 34.2 Å². The summed E-state index contributed by atoms with van der Waals surface area (Å²) in [6.45, 7) is 4.08. The topological polar surface area (TPSA) is 42.2 Å². The first kappa shape index (κ1) is 15.1. The third-order valence-corrected chi connectivity index (χ3v) is 3.83. The summed E-state index contributed by atoms with van der Waals surface area (Å²) in [5, 5.41) is 3.99. The van der Waals surface area contributed by atoms with Gasteiger partial charge < -0.3 is 9.73 Å². The zero-order valence-corrected chi connectivity index (χ0v) is 13.3. The van der Waals surface area contributed by atoms with Crippen molar-refractivity contribution in [1.29, 1.82) is 0 Å². The molecule has 0 bridgehead atoms. The molecule has 3 aromatic rings. The number of rotatable bonds is 4. The highest BCUT2D eigenvalue weighted by atomic mass is 16.3. The summed E-state index contributed by atoms with van der Waals surface area (Å²) in [6, 6.07) is 15.7. The Kier molecular flexibility index (Phi) is 4.29. The van der Waals surface area contributed by atoms with Crippen molar-refractivity contribution in [3.8, 4) is 0 Å². The molecule has 2 aromatic carbocycles. The van der Waals surface area contributed by atoms with Crippen molar-refractivity contribution in [1.82, 2.24) is 0 Å². The maximum absolute atomic E-state index is 12.2. The number of benzene rings is 2. The number of hydrogen-bond donors (Lipinski definition) is 1. The Balaban J connectivity index is 1.77. The van der Waals surface area contributed by atoms with Gasteiger partial charge in [-0.2, -0.15) is 0 Å². The first-order chi connectivity index (χ1) is 11.2. The third kappa shape index (κ3) is 3.34. The lowest BCUT2D eigenvalue weighted by molar-refractivity contribution is -0.111. The van der Waals surface area contributed by atoms with Crippen LogP contribution in [0.2, 0.25) is 0 Å². The van der Waals surface area contributed by atoms with Crippen LogP contribution in [0.1, 0.15) is 23.8 Å². The summed E-state index contributed by atoms with van der Waals surface area (Å²) < 4.78 is 5.67. The maximum Gasteiger partial charge on any atom is 0.248 e. The summed E-state index contributed by atoms with van der Waals surface area (Å²) in [7, 11) is 0. The van der Waals surface area contributed by atoms with Crippen LogP contribution in [-0.2, 0) is 11.2 Å². The van der Waals surface area contributed by atoms with E-state index in [1.807, 2.05) is 55.5 Å². The normalized spacial score (nSPS) is 11.2. The van der Waals surface area contributed by atoms with Crippen molar-refractivity contribution in [2.24, 2.45) is 0 Å². The minimum Gasteiger partial charge on any atom is -0.457 e. The average molecular weight is 305 g/mol. The van der Waals surface area contributed by atoms with Gasteiger partial charge >= 0.3 is 0 Å². The number of carbonyl (C=O) groups is 1. The molecule has 1 amide bonds. The molecule has 0 aliphatic carbocycles. The van der Waals surface area contributed by atoms with E-state index in [1.165, 1.54) is 6.08 Å². The van der Waals surface area contributed by atoms with E-state index in [-0.39, 0.29) is 5.91 Å². The van der Waals surface area contributed by atoms with E-state index >= 15 is 0 Å². The number of anilines is 1. The quantitative estimate of drug-likeness (QED) is 0.693. The lowest BCUT2D eigenvalue weighted by Gasteiger charge is -2.11. The third-order valence-electron chi connectivity index (χ3n) is 3.83. The highest BCUT2D eigenvalue weighted by Crippen LogP contribution is 2.22. The first-order valence-corrected chi connectivity index (χ1v) is 7.73. The maximum atomic E-state index is 12.2. The van der Waals surface area contributed by atoms with Gasteiger partial charge in [0.1, 0.15) is 11.3 Å². The Morgan fingerprint density at radius 2 is 2.00 bits per heavy atom. The van der Waals surface area contributed by atoms with Crippen molar-refractivity contribution >= 4 is 28.6 Å². The Morgan fingerprint density at radius 3 is 2.78 bits per heavy atom. The molecule has 0 saturated heterocycles. The number of para-hydroxylation sites is 2. The monoisotopic (exact) mass is 305 g/mol. The highest BCUT2D eigenvalue weighted by molar-refractivity contribution is 6.02. The summed E-state index contributed by atoms with van der Waals surface area (Å²) in [6.07, 6.45) is 4.08. The number of nitrogens with one attached hydrogen (secondary N) is 1. The molecular weight excluding hydrogens is 286 g/mol. The molecule has 0 spiro atoms. The van der Waals surface area contributed by atoms with Gasteiger partial charge in [0.05, 0.1) is 0 Å². The molecule has 0 aliphatic heterocycles. The number of carbonyl (C=O) groups excluding carboxylic acids is 1. The van der Waals surface area contributed by atoms with Gasteiger partial charge in [0.2, 0.25) is 5.91 Å². The minimum absolute atomic E-state index is 0.158. The molecule has 3 rings (SSSR count). The second-order valence-corrected chi connectivity index (χ2v) is 5.47. The van der Waals surface area contributed by atoms with Crippen LogP contribution in [0.25, 0.3) is 17.0 Å². The lowest BCUT2D eigenvalue weighted by atomic mass is 10.1. The van der Waals surface area contributed by atoms with Gasteiger partial charge in [-0.3, -0.25) is 4.79 Å². The van der Waals surface area contributed by atoms with Gasteiger partial charge in [-0.05, 0) is 42.7 Å². The van der Waals surface area contributed by atoms with Crippen LogP contribution in [0.15, 0.2) is 59.0 Å². The van der Waals surface area contributed by atoms with Crippen molar-refractivity contribution in [3.05, 3.63) is 71.5 Å². The van der Waals surface area contributed by atoms with E-state index in [9.17, 15) is 4.79 Å². The summed E-state index contributed by atoms with van der Waals surface area (Å²) in [5.41, 5.74) is 3.92. The van der Waals surface area contributed by atoms with Gasteiger partial charge in [0.15, 0.2) is 0 Å². The number of hydrogen-bond acceptors (Lipinski definition) is 2. The Bertz CT molecular complexity index is 841. The first-order valence-electron chi connectivity index (χ1n) is 7.73. The number of fused-ring (bicyclic) bond motifs is 1. The molecule has 0 saturated carbocycles. The molecule has 1 N–H and O–H groups in total. The Hall–Kier alpha value is -2.81. The average Bonchev–Trinajstić information content (AvgIpc) is 2.98. The van der Waals surface area contributed by atoms with Crippen molar-refractivity contribution in [2.45, 2.75) is 20.3 Å². The molecule has 0 radical (unpaired) electrons. The largest absolute Gasteiger partial charge is 0.457 e. The minimum atomic E-state index is -0.158. The molecule has 23 heavy (non-hydrogen) atoms. The standard InChI is InChI=1S/C20H19NO2/c1-3-15-9-6-7-14(2)20(15)21-19(22)12-11-17-13-16-8-4-5-10-18(16)23-17/h4-13H,3H2,1-2H3,(H,21,22)/b12-11+. The smallest absolute Gasteiger partial charge is 0.248 e. The zero-order chi connectivity index (χ0) is 16.2. The van der Waals surface area contributed by atoms with E-state index in [2.05, 4.69) is 12.2 Å². The van der Waals surface area contributed by atoms with Crippen LogP contribution in [0.4, 0.5) is 5.69 Å². The number of amides is 1. The van der Waals surface area contributed by atoms with Crippen molar-refractivity contribution in [3.63, 3.8) is 0 Å². The fourth-order valence-electron chi connectivity index (χ4n) is 2.61. The van der Waals surface area contributed by atoms with E-state index in [0.29, 0.717) is 5.76 Å². The second kappa shape index (κ2) is 6.53. The van der Waals surface area contributed by atoms with Gasteiger partial charge in [0, 0.05) is 17.1 Å². The molecule has 3 heteroatoms.